The monoisotopic (exact) mass is 237 g/mol. The zero-order valence-electron chi connectivity index (χ0n) is 9.85. The Kier molecular flexibility index (Phi) is 2.57. The molecule has 0 saturated carbocycles. The van der Waals surface area contributed by atoms with Crippen molar-refractivity contribution < 1.29 is 0 Å². The first-order valence-electron chi connectivity index (χ1n) is 5.60. The summed E-state index contributed by atoms with van der Waals surface area (Å²) in [5.74, 6) is 0.680. The van der Waals surface area contributed by atoms with Crippen LogP contribution in [0.2, 0.25) is 0 Å². The molecule has 0 atom stereocenters. The van der Waals surface area contributed by atoms with Gasteiger partial charge in [0.2, 0.25) is 0 Å². The van der Waals surface area contributed by atoms with E-state index in [2.05, 4.69) is 20.3 Å². The molecule has 0 N–H and O–H groups in total. The van der Waals surface area contributed by atoms with Crippen LogP contribution in [0.25, 0.3) is 17.2 Å². The maximum atomic E-state index is 4.40. The standard InChI is InChI=1S/C13H11N5/c1-10-4-5-11(14-9-10)12-6-8-16-18(12)13-3-2-7-15-17-13/h2-9H,1H3. The maximum absolute atomic E-state index is 4.40. The predicted molar refractivity (Wildman–Crippen MR) is 67.1 cm³/mol. The Hall–Kier alpha value is -2.56. The average Bonchev–Trinajstić information content (AvgIpc) is 2.90. The summed E-state index contributed by atoms with van der Waals surface area (Å²) in [7, 11) is 0. The van der Waals surface area contributed by atoms with E-state index in [1.165, 1.54) is 0 Å². The quantitative estimate of drug-likeness (QED) is 0.684. The van der Waals surface area contributed by atoms with Crippen LogP contribution in [0.4, 0.5) is 0 Å². The molecule has 5 nitrogen and oxygen atoms in total. The van der Waals surface area contributed by atoms with Gasteiger partial charge in [-0.25, -0.2) is 4.68 Å². The van der Waals surface area contributed by atoms with Gasteiger partial charge in [-0.2, -0.15) is 10.2 Å². The van der Waals surface area contributed by atoms with Crippen molar-refractivity contribution in [3.05, 3.63) is 54.5 Å². The van der Waals surface area contributed by atoms with Crippen molar-refractivity contribution in [3.63, 3.8) is 0 Å². The molecule has 5 heteroatoms. The van der Waals surface area contributed by atoms with Crippen molar-refractivity contribution in [2.45, 2.75) is 6.92 Å². The van der Waals surface area contributed by atoms with E-state index in [0.717, 1.165) is 17.0 Å². The smallest absolute Gasteiger partial charge is 0.176 e. The van der Waals surface area contributed by atoms with Crippen LogP contribution in [-0.2, 0) is 0 Å². The van der Waals surface area contributed by atoms with Crippen LogP contribution >= 0.6 is 0 Å². The third kappa shape index (κ3) is 1.86. The van der Waals surface area contributed by atoms with E-state index in [0.29, 0.717) is 5.82 Å². The molecule has 3 rings (SSSR count). The normalized spacial score (nSPS) is 10.5. The van der Waals surface area contributed by atoms with Crippen LogP contribution in [0, 0.1) is 6.92 Å². The lowest BCUT2D eigenvalue weighted by molar-refractivity contribution is 0.818. The van der Waals surface area contributed by atoms with Crippen LogP contribution in [-0.4, -0.2) is 25.0 Å². The van der Waals surface area contributed by atoms with Crippen molar-refractivity contribution >= 4 is 0 Å². The van der Waals surface area contributed by atoms with Gasteiger partial charge in [-0.15, -0.1) is 5.10 Å². The SMILES string of the molecule is Cc1ccc(-c2ccnn2-c2cccnn2)nc1. The van der Waals surface area contributed by atoms with Gasteiger partial charge in [-0.3, -0.25) is 4.98 Å². The number of aromatic nitrogens is 5. The molecular weight excluding hydrogens is 226 g/mol. The molecule has 0 fully saturated rings. The summed E-state index contributed by atoms with van der Waals surface area (Å²) >= 11 is 0. The largest absolute Gasteiger partial charge is 0.254 e. The van der Waals surface area contributed by atoms with Gasteiger partial charge in [0.15, 0.2) is 5.82 Å². The van der Waals surface area contributed by atoms with Crippen LogP contribution in [0.15, 0.2) is 48.9 Å². The highest BCUT2D eigenvalue weighted by atomic mass is 15.3. The van der Waals surface area contributed by atoms with Gasteiger partial charge in [-0.1, -0.05) is 6.07 Å². The second kappa shape index (κ2) is 4.37. The predicted octanol–water partition coefficient (Wildman–Crippen LogP) is 2.03. The van der Waals surface area contributed by atoms with E-state index in [9.17, 15) is 0 Å². The number of rotatable bonds is 2. The minimum absolute atomic E-state index is 0.680. The van der Waals surface area contributed by atoms with Crippen molar-refractivity contribution in [1.82, 2.24) is 25.0 Å². The van der Waals surface area contributed by atoms with Gasteiger partial charge in [0.1, 0.15) is 0 Å². The lowest BCUT2D eigenvalue weighted by Crippen LogP contribution is -2.02. The van der Waals surface area contributed by atoms with Gasteiger partial charge in [0.25, 0.3) is 0 Å². The van der Waals surface area contributed by atoms with Crippen LogP contribution in [0.5, 0.6) is 0 Å². The Morgan fingerprint density at radius 1 is 1.06 bits per heavy atom. The highest BCUT2D eigenvalue weighted by Gasteiger charge is 2.09. The van der Waals surface area contributed by atoms with E-state index in [1.807, 2.05) is 43.5 Å². The molecule has 0 radical (unpaired) electrons. The second-order valence-electron chi connectivity index (χ2n) is 3.93. The van der Waals surface area contributed by atoms with Crippen molar-refractivity contribution in [2.75, 3.05) is 0 Å². The molecule has 3 heterocycles. The zero-order valence-corrected chi connectivity index (χ0v) is 9.85. The Bertz CT molecular complexity index is 643. The summed E-state index contributed by atoms with van der Waals surface area (Å²) in [4.78, 5) is 4.40. The number of aryl methyl sites for hydroxylation is 1. The van der Waals surface area contributed by atoms with Crippen molar-refractivity contribution in [1.29, 1.82) is 0 Å². The molecule has 18 heavy (non-hydrogen) atoms. The number of hydrogen-bond donors (Lipinski definition) is 0. The van der Waals surface area contributed by atoms with E-state index in [4.69, 9.17) is 0 Å². The highest BCUT2D eigenvalue weighted by molar-refractivity contribution is 5.56. The molecule has 0 amide bonds. The van der Waals surface area contributed by atoms with E-state index >= 15 is 0 Å². The molecule has 0 unspecified atom stereocenters. The number of hydrogen-bond acceptors (Lipinski definition) is 4. The zero-order chi connectivity index (χ0) is 12.4. The third-order valence-corrected chi connectivity index (χ3v) is 2.59. The molecule has 88 valence electrons. The fourth-order valence-electron chi connectivity index (χ4n) is 1.71. The Labute approximate surface area is 104 Å². The van der Waals surface area contributed by atoms with Gasteiger partial charge in [0.05, 0.1) is 17.6 Å². The number of pyridine rings is 1. The Morgan fingerprint density at radius 3 is 2.72 bits per heavy atom. The van der Waals surface area contributed by atoms with E-state index in [-0.39, 0.29) is 0 Å². The minimum Gasteiger partial charge on any atom is -0.254 e. The molecular formula is C13H11N5. The van der Waals surface area contributed by atoms with Gasteiger partial charge >= 0.3 is 0 Å². The Balaban J connectivity index is 2.10. The van der Waals surface area contributed by atoms with Gasteiger partial charge in [0, 0.05) is 12.4 Å². The van der Waals surface area contributed by atoms with Crippen LogP contribution in [0.1, 0.15) is 5.56 Å². The Morgan fingerprint density at radius 2 is 2.00 bits per heavy atom. The highest BCUT2D eigenvalue weighted by Crippen LogP contribution is 2.18. The summed E-state index contributed by atoms with van der Waals surface area (Å²) in [6.45, 7) is 2.01. The lowest BCUT2D eigenvalue weighted by Gasteiger charge is -2.05. The first kappa shape index (κ1) is 10.6. The molecule has 3 aromatic rings. The molecule has 0 aliphatic carbocycles. The lowest BCUT2D eigenvalue weighted by atomic mass is 10.2. The maximum Gasteiger partial charge on any atom is 0.176 e. The molecule has 0 aliphatic rings. The van der Waals surface area contributed by atoms with E-state index < -0.39 is 0 Å². The number of nitrogens with zero attached hydrogens (tertiary/aromatic N) is 5. The second-order valence-corrected chi connectivity index (χ2v) is 3.93. The topological polar surface area (TPSA) is 56.5 Å². The molecule has 0 aromatic carbocycles. The summed E-state index contributed by atoms with van der Waals surface area (Å²) < 4.78 is 1.73. The van der Waals surface area contributed by atoms with Crippen LogP contribution < -0.4 is 0 Å². The first-order chi connectivity index (χ1) is 8.84. The molecule has 0 bridgehead atoms. The summed E-state index contributed by atoms with van der Waals surface area (Å²) in [5.41, 5.74) is 2.89. The third-order valence-electron chi connectivity index (χ3n) is 2.59. The first-order valence-corrected chi connectivity index (χ1v) is 5.60. The average molecular weight is 237 g/mol. The molecule has 0 spiro atoms. The van der Waals surface area contributed by atoms with Crippen molar-refractivity contribution in [3.8, 4) is 17.2 Å². The van der Waals surface area contributed by atoms with Crippen molar-refractivity contribution in [2.24, 2.45) is 0 Å². The van der Waals surface area contributed by atoms with Gasteiger partial charge < -0.3 is 0 Å². The minimum atomic E-state index is 0.680. The summed E-state index contributed by atoms with van der Waals surface area (Å²) in [5, 5.41) is 12.2. The van der Waals surface area contributed by atoms with E-state index in [1.54, 1.807) is 17.1 Å². The molecule has 0 saturated heterocycles. The van der Waals surface area contributed by atoms with Crippen LogP contribution in [0.3, 0.4) is 0 Å². The fourth-order valence-corrected chi connectivity index (χ4v) is 1.71. The summed E-state index contributed by atoms with van der Waals surface area (Å²) in [6.07, 6.45) is 5.20. The fraction of sp³-hybridized carbons (Fsp3) is 0.0769. The van der Waals surface area contributed by atoms with Gasteiger partial charge in [-0.05, 0) is 36.8 Å². The summed E-state index contributed by atoms with van der Waals surface area (Å²) in [6, 6.07) is 9.59. The molecule has 0 aliphatic heterocycles. The molecule has 3 aromatic heterocycles.